The van der Waals surface area contributed by atoms with Crippen LogP contribution in [0.4, 0.5) is 5.69 Å². The first kappa shape index (κ1) is 14.6. The van der Waals surface area contributed by atoms with Gasteiger partial charge in [0.05, 0.1) is 10.9 Å². The first-order chi connectivity index (χ1) is 8.92. The molecular formula is C11H9Cl2NO3S2. The van der Waals surface area contributed by atoms with E-state index >= 15 is 0 Å². The molecule has 0 saturated carbocycles. The molecule has 0 atom stereocenters. The molecule has 8 heteroatoms. The van der Waals surface area contributed by atoms with Crippen LogP contribution in [0.1, 0.15) is 5.56 Å². The van der Waals surface area contributed by atoms with Crippen molar-refractivity contribution >= 4 is 50.2 Å². The molecule has 0 radical (unpaired) electrons. The topological polar surface area (TPSA) is 66.4 Å². The van der Waals surface area contributed by atoms with E-state index in [0.29, 0.717) is 15.6 Å². The highest BCUT2D eigenvalue weighted by molar-refractivity contribution is 7.93. The van der Waals surface area contributed by atoms with Gasteiger partial charge < -0.3 is 5.11 Å². The van der Waals surface area contributed by atoms with Crippen LogP contribution in [-0.4, -0.2) is 13.5 Å². The Labute approximate surface area is 124 Å². The molecule has 1 heterocycles. The number of aliphatic hydroxyl groups excluding tert-OH is 1. The molecule has 19 heavy (non-hydrogen) atoms. The number of hydrogen-bond acceptors (Lipinski definition) is 4. The van der Waals surface area contributed by atoms with Crippen LogP contribution in [0.25, 0.3) is 0 Å². The second kappa shape index (κ2) is 5.68. The Bertz CT molecular complexity index is 698. The third-order valence-electron chi connectivity index (χ3n) is 2.28. The van der Waals surface area contributed by atoms with E-state index in [2.05, 4.69) is 4.72 Å². The van der Waals surface area contributed by atoms with Crippen molar-refractivity contribution in [1.29, 1.82) is 0 Å². The van der Waals surface area contributed by atoms with Gasteiger partial charge in [0.2, 0.25) is 0 Å². The van der Waals surface area contributed by atoms with E-state index in [4.69, 9.17) is 28.3 Å². The second-order valence-electron chi connectivity index (χ2n) is 3.65. The maximum Gasteiger partial charge on any atom is 0.264 e. The number of sulfonamides is 1. The number of nitrogens with one attached hydrogen (secondary N) is 1. The minimum atomic E-state index is -3.79. The van der Waals surface area contributed by atoms with E-state index in [9.17, 15) is 8.42 Å². The van der Waals surface area contributed by atoms with Gasteiger partial charge in [0, 0.05) is 5.69 Å². The Morgan fingerprint density at radius 3 is 2.58 bits per heavy atom. The standard InChI is InChI=1S/C11H9Cl2NO3S2/c12-10-5-9(11(13)18-10)19(16,17)14-8-3-1-2-7(4-8)6-15/h1-5,14-15H,6H2. The van der Waals surface area contributed by atoms with Crippen LogP contribution in [0.15, 0.2) is 35.2 Å². The molecule has 0 amide bonds. The minimum Gasteiger partial charge on any atom is -0.392 e. The predicted octanol–water partition coefficient (Wildman–Crippen LogP) is 3.35. The molecule has 0 spiro atoms. The summed E-state index contributed by atoms with van der Waals surface area (Å²) in [5, 5.41) is 9.01. The molecule has 2 rings (SSSR count). The van der Waals surface area contributed by atoms with Crippen molar-refractivity contribution in [2.45, 2.75) is 11.5 Å². The van der Waals surface area contributed by atoms with Gasteiger partial charge in [-0.25, -0.2) is 8.42 Å². The van der Waals surface area contributed by atoms with E-state index in [-0.39, 0.29) is 15.8 Å². The zero-order valence-corrected chi connectivity index (χ0v) is 12.6. The summed E-state index contributed by atoms with van der Waals surface area (Å²) in [6.07, 6.45) is 0. The maximum absolute atomic E-state index is 12.1. The lowest BCUT2D eigenvalue weighted by atomic mass is 10.2. The monoisotopic (exact) mass is 337 g/mol. The Morgan fingerprint density at radius 1 is 1.26 bits per heavy atom. The van der Waals surface area contributed by atoms with Crippen LogP contribution in [0, 0.1) is 0 Å². The normalized spacial score (nSPS) is 11.5. The summed E-state index contributed by atoms with van der Waals surface area (Å²) in [6, 6.07) is 7.75. The zero-order valence-electron chi connectivity index (χ0n) is 9.43. The Kier molecular flexibility index (Phi) is 4.37. The number of rotatable bonds is 4. The molecule has 2 N–H and O–H groups in total. The van der Waals surface area contributed by atoms with E-state index in [1.54, 1.807) is 24.3 Å². The van der Waals surface area contributed by atoms with Gasteiger partial charge in [-0.3, -0.25) is 4.72 Å². The summed E-state index contributed by atoms with van der Waals surface area (Å²) in [5.41, 5.74) is 0.958. The molecule has 0 aliphatic rings. The molecule has 0 aliphatic heterocycles. The van der Waals surface area contributed by atoms with Gasteiger partial charge in [0.25, 0.3) is 10.0 Å². The average molecular weight is 338 g/mol. The first-order valence-electron chi connectivity index (χ1n) is 5.10. The van der Waals surface area contributed by atoms with Crippen molar-refractivity contribution in [1.82, 2.24) is 0 Å². The van der Waals surface area contributed by atoms with Gasteiger partial charge in [-0.1, -0.05) is 35.3 Å². The van der Waals surface area contributed by atoms with Gasteiger partial charge in [-0.05, 0) is 23.8 Å². The molecule has 4 nitrogen and oxygen atoms in total. The lowest BCUT2D eigenvalue weighted by Crippen LogP contribution is -2.12. The Balaban J connectivity index is 2.33. The predicted molar refractivity (Wildman–Crippen MR) is 77.5 cm³/mol. The third-order valence-corrected chi connectivity index (χ3v) is 5.41. The van der Waals surface area contributed by atoms with Crippen LogP contribution >= 0.6 is 34.5 Å². The minimum absolute atomic E-state index is 0.0569. The number of aliphatic hydroxyl groups is 1. The van der Waals surface area contributed by atoms with Crippen LogP contribution in [-0.2, 0) is 16.6 Å². The van der Waals surface area contributed by atoms with E-state index in [1.807, 2.05) is 0 Å². The van der Waals surface area contributed by atoms with E-state index < -0.39 is 10.0 Å². The number of thiophene rings is 1. The van der Waals surface area contributed by atoms with Crippen molar-refractivity contribution in [2.75, 3.05) is 4.72 Å². The molecule has 0 aliphatic carbocycles. The SMILES string of the molecule is O=S(=O)(Nc1cccc(CO)c1)c1cc(Cl)sc1Cl. The molecular weight excluding hydrogens is 329 g/mol. The van der Waals surface area contributed by atoms with Gasteiger partial charge in [-0.2, -0.15) is 0 Å². The molecule has 0 saturated heterocycles. The summed E-state index contributed by atoms with van der Waals surface area (Å²) < 4.78 is 27.0. The molecule has 0 unspecified atom stereocenters. The van der Waals surface area contributed by atoms with Crippen LogP contribution in [0.5, 0.6) is 0 Å². The van der Waals surface area contributed by atoms with E-state index in [0.717, 1.165) is 11.3 Å². The highest BCUT2D eigenvalue weighted by atomic mass is 35.5. The number of halogens is 2. The van der Waals surface area contributed by atoms with Crippen LogP contribution < -0.4 is 4.72 Å². The molecule has 2 aromatic rings. The molecule has 102 valence electrons. The summed E-state index contributed by atoms with van der Waals surface area (Å²) in [7, 11) is -3.79. The summed E-state index contributed by atoms with van der Waals surface area (Å²) in [6.45, 7) is -0.166. The molecule has 1 aromatic carbocycles. The van der Waals surface area contributed by atoms with Crippen molar-refractivity contribution < 1.29 is 13.5 Å². The van der Waals surface area contributed by atoms with Gasteiger partial charge in [0.1, 0.15) is 9.23 Å². The Morgan fingerprint density at radius 2 is 2.00 bits per heavy atom. The van der Waals surface area contributed by atoms with Gasteiger partial charge >= 0.3 is 0 Å². The van der Waals surface area contributed by atoms with Crippen LogP contribution in [0.3, 0.4) is 0 Å². The largest absolute Gasteiger partial charge is 0.392 e. The number of hydrogen-bond donors (Lipinski definition) is 2. The lowest BCUT2D eigenvalue weighted by Gasteiger charge is -2.08. The molecule has 0 bridgehead atoms. The van der Waals surface area contributed by atoms with Gasteiger partial charge in [0.15, 0.2) is 0 Å². The third kappa shape index (κ3) is 3.40. The number of anilines is 1. The average Bonchev–Trinajstić information content (AvgIpc) is 2.69. The quantitative estimate of drug-likeness (QED) is 0.898. The maximum atomic E-state index is 12.1. The smallest absolute Gasteiger partial charge is 0.264 e. The highest BCUT2D eigenvalue weighted by Crippen LogP contribution is 2.35. The molecule has 0 fully saturated rings. The van der Waals surface area contributed by atoms with E-state index in [1.165, 1.54) is 6.07 Å². The lowest BCUT2D eigenvalue weighted by molar-refractivity contribution is 0.282. The van der Waals surface area contributed by atoms with Crippen molar-refractivity contribution in [3.05, 3.63) is 44.6 Å². The number of benzene rings is 1. The summed E-state index contributed by atoms with van der Waals surface area (Å²) >= 11 is 12.5. The van der Waals surface area contributed by atoms with Crippen molar-refractivity contribution in [3.63, 3.8) is 0 Å². The Hall–Kier alpha value is -0.790. The summed E-state index contributed by atoms with van der Waals surface area (Å²) in [5.74, 6) is 0. The fourth-order valence-electron chi connectivity index (χ4n) is 1.45. The summed E-state index contributed by atoms with van der Waals surface area (Å²) in [4.78, 5) is -0.0569. The zero-order chi connectivity index (χ0) is 14.0. The fourth-order valence-corrected chi connectivity index (χ4v) is 4.65. The van der Waals surface area contributed by atoms with Crippen molar-refractivity contribution in [3.8, 4) is 0 Å². The van der Waals surface area contributed by atoms with Crippen molar-refractivity contribution in [2.24, 2.45) is 0 Å². The second-order valence-corrected chi connectivity index (χ2v) is 7.59. The van der Waals surface area contributed by atoms with Crippen LogP contribution in [0.2, 0.25) is 8.67 Å². The molecule has 1 aromatic heterocycles. The van der Waals surface area contributed by atoms with Gasteiger partial charge in [-0.15, -0.1) is 11.3 Å². The highest BCUT2D eigenvalue weighted by Gasteiger charge is 2.21. The first-order valence-corrected chi connectivity index (χ1v) is 8.15. The fraction of sp³-hybridized carbons (Fsp3) is 0.0909.